The van der Waals surface area contributed by atoms with Crippen LogP contribution in [0.2, 0.25) is 5.02 Å². The normalized spacial score (nSPS) is 16.8. The smallest absolute Gasteiger partial charge is 0.295 e. The molecule has 8 heteroatoms. The lowest BCUT2D eigenvalue weighted by atomic mass is 9.95. The van der Waals surface area contributed by atoms with E-state index in [0.29, 0.717) is 42.4 Å². The standard InChI is InChI=1S/C30H31ClN2O5/c1-4-37-22-14-15-25(31)24(19-22)28(34)26-27(33(30(36)29(26)35)17-9-16-32(2)3)20-10-8-13-23(18-20)38-21-11-6-5-7-12-21/h5-8,10-15,18-19,27,34H,4,9,16-17H2,1-3H3/b28-26+. The number of nitrogens with zero attached hydrogens (tertiary/aromatic N) is 2. The number of aliphatic hydroxyl groups excluding tert-OH is 1. The molecular formula is C30H31ClN2O5. The molecule has 198 valence electrons. The molecule has 0 aromatic heterocycles. The number of hydrogen-bond donors (Lipinski definition) is 1. The fourth-order valence-electron chi connectivity index (χ4n) is 4.47. The third kappa shape index (κ3) is 6.01. The first-order valence-corrected chi connectivity index (χ1v) is 12.9. The number of aliphatic hydroxyl groups is 1. The maximum Gasteiger partial charge on any atom is 0.295 e. The molecule has 38 heavy (non-hydrogen) atoms. The number of likely N-dealkylation sites (tertiary alicyclic amines) is 1. The molecule has 0 bridgehead atoms. The van der Waals surface area contributed by atoms with Gasteiger partial charge in [0, 0.05) is 12.1 Å². The number of hydrogen-bond acceptors (Lipinski definition) is 6. The van der Waals surface area contributed by atoms with Crippen LogP contribution in [0.3, 0.4) is 0 Å². The minimum absolute atomic E-state index is 0.0211. The Bertz CT molecular complexity index is 1340. The van der Waals surface area contributed by atoms with Crippen LogP contribution >= 0.6 is 11.6 Å². The number of carbonyl (C=O) groups is 2. The second-order valence-corrected chi connectivity index (χ2v) is 9.62. The Morgan fingerprint density at radius 1 is 0.974 bits per heavy atom. The first kappa shape index (κ1) is 27.2. The Labute approximate surface area is 227 Å². The predicted molar refractivity (Wildman–Crippen MR) is 148 cm³/mol. The van der Waals surface area contributed by atoms with Gasteiger partial charge in [-0.1, -0.05) is 41.9 Å². The topological polar surface area (TPSA) is 79.3 Å². The van der Waals surface area contributed by atoms with Crippen molar-refractivity contribution in [3.8, 4) is 17.2 Å². The molecule has 1 unspecified atom stereocenters. The van der Waals surface area contributed by atoms with Gasteiger partial charge in [-0.15, -0.1) is 0 Å². The highest BCUT2D eigenvalue weighted by atomic mass is 35.5. The molecule has 0 radical (unpaired) electrons. The third-order valence-corrected chi connectivity index (χ3v) is 6.53. The first-order valence-electron chi connectivity index (χ1n) is 12.5. The summed E-state index contributed by atoms with van der Waals surface area (Å²) in [7, 11) is 3.90. The second kappa shape index (κ2) is 12.2. The Balaban J connectivity index is 1.81. The molecule has 7 nitrogen and oxygen atoms in total. The van der Waals surface area contributed by atoms with E-state index in [0.717, 1.165) is 6.54 Å². The van der Waals surface area contributed by atoms with Crippen molar-refractivity contribution in [2.75, 3.05) is 33.8 Å². The van der Waals surface area contributed by atoms with Crippen LogP contribution in [-0.2, 0) is 9.59 Å². The maximum absolute atomic E-state index is 13.4. The molecule has 1 aliphatic rings. The highest BCUT2D eigenvalue weighted by Crippen LogP contribution is 2.42. The quantitative estimate of drug-likeness (QED) is 0.198. The van der Waals surface area contributed by atoms with Crippen LogP contribution in [0.25, 0.3) is 5.76 Å². The van der Waals surface area contributed by atoms with E-state index < -0.39 is 17.7 Å². The van der Waals surface area contributed by atoms with Crippen LogP contribution in [0, 0.1) is 0 Å². The van der Waals surface area contributed by atoms with Crippen LogP contribution < -0.4 is 9.47 Å². The van der Waals surface area contributed by atoms with Crippen LogP contribution in [0.15, 0.2) is 78.4 Å². The number of Topliss-reactive ketones (excluding diaryl/α,β-unsaturated/α-hetero) is 1. The van der Waals surface area contributed by atoms with Gasteiger partial charge in [0.25, 0.3) is 11.7 Å². The molecule has 3 aromatic rings. The van der Waals surface area contributed by atoms with Crippen molar-refractivity contribution in [2.45, 2.75) is 19.4 Å². The van der Waals surface area contributed by atoms with Gasteiger partial charge < -0.3 is 24.4 Å². The van der Waals surface area contributed by atoms with E-state index in [1.54, 1.807) is 36.4 Å². The fraction of sp³-hybridized carbons (Fsp3) is 0.267. The molecule has 1 atom stereocenters. The number of amides is 1. The summed E-state index contributed by atoms with van der Waals surface area (Å²) < 4.78 is 11.6. The highest BCUT2D eigenvalue weighted by Gasteiger charge is 2.46. The zero-order chi connectivity index (χ0) is 27.2. The third-order valence-electron chi connectivity index (χ3n) is 6.20. The van der Waals surface area contributed by atoms with Crippen molar-refractivity contribution in [3.63, 3.8) is 0 Å². The lowest BCUT2D eigenvalue weighted by Crippen LogP contribution is -2.32. The second-order valence-electron chi connectivity index (χ2n) is 9.21. The summed E-state index contributed by atoms with van der Waals surface area (Å²) in [5.41, 5.74) is 0.846. The van der Waals surface area contributed by atoms with E-state index in [9.17, 15) is 14.7 Å². The minimum atomic E-state index is -0.816. The molecule has 1 heterocycles. The summed E-state index contributed by atoms with van der Waals surface area (Å²) in [6, 6.07) is 20.6. The summed E-state index contributed by atoms with van der Waals surface area (Å²) in [5.74, 6) is -0.0719. The number of ketones is 1. The lowest BCUT2D eigenvalue weighted by molar-refractivity contribution is -0.139. The average molecular weight is 535 g/mol. The lowest BCUT2D eigenvalue weighted by Gasteiger charge is -2.26. The number of benzene rings is 3. The van der Waals surface area contributed by atoms with E-state index in [-0.39, 0.29) is 21.9 Å². The average Bonchev–Trinajstić information content (AvgIpc) is 3.15. The van der Waals surface area contributed by atoms with Crippen molar-refractivity contribution in [1.82, 2.24) is 9.80 Å². The largest absolute Gasteiger partial charge is 0.507 e. The molecule has 3 aromatic carbocycles. The van der Waals surface area contributed by atoms with Crippen molar-refractivity contribution in [3.05, 3.63) is 94.5 Å². The summed E-state index contributed by atoms with van der Waals surface area (Å²) in [4.78, 5) is 30.2. The molecule has 1 fully saturated rings. The fourth-order valence-corrected chi connectivity index (χ4v) is 4.68. The summed E-state index contributed by atoms with van der Waals surface area (Å²) in [6.45, 7) is 3.33. The van der Waals surface area contributed by atoms with Crippen LogP contribution in [-0.4, -0.2) is 60.4 Å². The molecule has 0 saturated carbocycles. The summed E-state index contributed by atoms with van der Waals surface area (Å²) >= 11 is 6.43. The van der Waals surface area contributed by atoms with Crippen LogP contribution in [0.4, 0.5) is 0 Å². The van der Waals surface area contributed by atoms with Gasteiger partial charge in [-0.3, -0.25) is 9.59 Å². The van der Waals surface area contributed by atoms with Crippen molar-refractivity contribution < 1.29 is 24.2 Å². The summed E-state index contributed by atoms with van der Waals surface area (Å²) in [5, 5.41) is 11.7. The van der Waals surface area contributed by atoms with Gasteiger partial charge in [0.1, 0.15) is 23.0 Å². The van der Waals surface area contributed by atoms with Gasteiger partial charge in [-0.25, -0.2) is 0 Å². The first-order chi connectivity index (χ1) is 18.3. The number of para-hydroxylation sites is 1. The number of carbonyl (C=O) groups excluding carboxylic acids is 2. The minimum Gasteiger partial charge on any atom is -0.507 e. The molecule has 1 aliphatic heterocycles. The van der Waals surface area contributed by atoms with Gasteiger partial charge in [0.2, 0.25) is 0 Å². The number of halogens is 1. The van der Waals surface area contributed by atoms with E-state index >= 15 is 0 Å². The Morgan fingerprint density at radius 3 is 2.42 bits per heavy atom. The zero-order valence-corrected chi connectivity index (χ0v) is 22.4. The van der Waals surface area contributed by atoms with Gasteiger partial charge in [0.15, 0.2) is 0 Å². The molecule has 1 amide bonds. The van der Waals surface area contributed by atoms with Crippen molar-refractivity contribution >= 4 is 29.1 Å². The number of ether oxygens (including phenoxy) is 2. The summed E-state index contributed by atoms with van der Waals surface area (Å²) in [6.07, 6.45) is 0.650. The predicted octanol–water partition coefficient (Wildman–Crippen LogP) is 5.90. The molecule has 1 N–H and O–H groups in total. The van der Waals surface area contributed by atoms with Crippen LogP contribution in [0.1, 0.15) is 30.5 Å². The number of rotatable bonds is 10. The molecule has 4 rings (SSSR count). The van der Waals surface area contributed by atoms with Gasteiger partial charge >= 0.3 is 0 Å². The Morgan fingerprint density at radius 2 is 1.71 bits per heavy atom. The van der Waals surface area contributed by atoms with Gasteiger partial charge in [-0.2, -0.15) is 0 Å². The Kier molecular flexibility index (Phi) is 8.71. The zero-order valence-electron chi connectivity index (χ0n) is 21.7. The maximum atomic E-state index is 13.4. The van der Waals surface area contributed by atoms with E-state index in [2.05, 4.69) is 0 Å². The van der Waals surface area contributed by atoms with Crippen molar-refractivity contribution in [1.29, 1.82) is 0 Å². The molecule has 0 aliphatic carbocycles. The van der Waals surface area contributed by atoms with Gasteiger partial charge in [0.05, 0.1) is 23.2 Å². The van der Waals surface area contributed by atoms with Crippen molar-refractivity contribution in [2.24, 2.45) is 0 Å². The monoisotopic (exact) mass is 534 g/mol. The molecule has 1 saturated heterocycles. The molecular weight excluding hydrogens is 504 g/mol. The van der Waals surface area contributed by atoms with Crippen LogP contribution in [0.5, 0.6) is 17.2 Å². The SMILES string of the molecule is CCOc1ccc(Cl)c(/C(O)=C2\C(=O)C(=O)N(CCCN(C)C)C2c2cccc(Oc3ccccc3)c2)c1. The van der Waals surface area contributed by atoms with E-state index in [1.165, 1.54) is 4.90 Å². The van der Waals surface area contributed by atoms with E-state index in [4.69, 9.17) is 21.1 Å². The highest BCUT2D eigenvalue weighted by molar-refractivity contribution is 6.47. The van der Waals surface area contributed by atoms with Gasteiger partial charge in [-0.05, 0) is 82.0 Å². The molecule has 0 spiro atoms. The van der Waals surface area contributed by atoms with E-state index in [1.807, 2.05) is 62.3 Å². The Hall–Kier alpha value is -3.81.